The Morgan fingerprint density at radius 1 is 1.07 bits per heavy atom. The van der Waals surface area contributed by atoms with Crippen LogP contribution in [0.1, 0.15) is 47.1 Å². The van der Waals surface area contributed by atoms with Crippen LogP contribution in [0, 0.1) is 3.57 Å². The molecule has 0 N–H and O–H groups in total. The van der Waals surface area contributed by atoms with Crippen molar-refractivity contribution in [1.29, 1.82) is 0 Å². The van der Waals surface area contributed by atoms with Crippen molar-refractivity contribution in [2.45, 2.75) is 26.2 Å². The van der Waals surface area contributed by atoms with E-state index in [4.69, 9.17) is 0 Å². The Labute approximate surface area is 103 Å². The average molecular weight is 316 g/mol. The number of halogens is 1. The lowest BCUT2D eigenvalue weighted by Gasteiger charge is -2.20. The van der Waals surface area contributed by atoms with Crippen LogP contribution in [0.25, 0.3) is 0 Å². The smallest absolute Gasteiger partial charge is 0.151 e. The molecule has 0 aromatic heterocycles. The van der Waals surface area contributed by atoms with Gasteiger partial charge in [-0.05, 0) is 45.7 Å². The van der Waals surface area contributed by atoms with Crippen LogP contribution in [0.4, 0.5) is 0 Å². The molecule has 0 unspecified atom stereocenters. The minimum Gasteiger partial charge on any atom is -0.298 e. The largest absolute Gasteiger partial charge is 0.298 e. The van der Waals surface area contributed by atoms with Crippen molar-refractivity contribution in [3.8, 4) is 0 Å². The Morgan fingerprint density at radius 3 is 1.73 bits per heavy atom. The predicted molar refractivity (Wildman–Crippen MR) is 68.6 cm³/mol. The van der Waals surface area contributed by atoms with Crippen molar-refractivity contribution in [2.24, 2.45) is 0 Å². The summed E-state index contributed by atoms with van der Waals surface area (Å²) in [6, 6.07) is 3.70. The van der Waals surface area contributed by atoms with Crippen molar-refractivity contribution < 1.29 is 9.59 Å². The third-order valence-corrected chi connectivity index (χ3v) is 3.49. The lowest BCUT2D eigenvalue weighted by molar-refractivity contribution is 0.112. The maximum atomic E-state index is 10.9. The lowest BCUT2D eigenvalue weighted by Crippen LogP contribution is -2.13. The second kappa shape index (κ2) is 4.43. The molecule has 0 aliphatic carbocycles. The van der Waals surface area contributed by atoms with Crippen LogP contribution in [0.2, 0.25) is 0 Å². The molecule has 0 radical (unpaired) electrons. The van der Waals surface area contributed by atoms with Crippen LogP contribution in [0.3, 0.4) is 0 Å². The molecule has 0 heterocycles. The van der Waals surface area contributed by atoms with Gasteiger partial charge in [0, 0.05) is 14.7 Å². The van der Waals surface area contributed by atoms with Gasteiger partial charge >= 0.3 is 0 Å². The van der Waals surface area contributed by atoms with Crippen LogP contribution < -0.4 is 0 Å². The zero-order valence-corrected chi connectivity index (χ0v) is 11.2. The standard InChI is InChI=1S/C12H13IO2/c1-12(2,3)10-4-8(6-14)11(13)9(5-10)7-15/h4-7H,1-3H3. The van der Waals surface area contributed by atoms with E-state index in [1.165, 1.54) is 0 Å². The molecule has 0 atom stereocenters. The molecule has 80 valence electrons. The highest BCUT2D eigenvalue weighted by Crippen LogP contribution is 2.26. The number of rotatable bonds is 2. The fourth-order valence-electron chi connectivity index (χ4n) is 1.27. The van der Waals surface area contributed by atoms with E-state index in [0.29, 0.717) is 11.1 Å². The van der Waals surface area contributed by atoms with Crippen LogP contribution in [0.15, 0.2) is 12.1 Å². The third-order valence-electron chi connectivity index (χ3n) is 2.25. The number of carbonyl (C=O) groups is 2. The van der Waals surface area contributed by atoms with Gasteiger partial charge in [0.2, 0.25) is 0 Å². The van der Waals surface area contributed by atoms with Crippen LogP contribution in [-0.4, -0.2) is 12.6 Å². The Morgan fingerprint density at radius 2 is 1.47 bits per heavy atom. The van der Waals surface area contributed by atoms with Gasteiger partial charge in [0.15, 0.2) is 12.6 Å². The van der Waals surface area contributed by atoms with E-state index in [1.807, 2.05) is 34.7 Å². The van der Waals surface area contributed by atoms with Gasteiger partial charge in [0.25, 0.3) is 0 Å². The summed E-state index contributed by atoms with van der Waals surface area (Å²) < 4.78 is 0.727. The molecule has 1 aromatic rings. The molecule has 0 spiro atoms. The molecule has 1 rings (SSSR count). The summed E-state index contributed by atoms with van der Waals surface area (Å²) in [4.78, 5) is 21.7. The summed E-state index contributed by atoms with van der Waals surface area (Å²) in [6.07, 6.45) is 1.59. The first-order valence-electron chi connectivity index (χ1n) is 4.64. The number of hydrogen-bond acceptors (Lipinski definition) is 2. The molecule has 0 amide bonds. The molecule has 0 aliphatic heterocycles. The Bertz CT molecular complexity index is 374. The predicted octanol–water partition coefficient (Wildman–Crippen LogP) is 3.21. The van der Waals surface area contributed by atoms with Crippen molar-refractivity contribution in [3.05, 3.63) is 32.4 Å². The maximum Gasteiger partial charge on any atom is 0.151 e. The van der Waals surface area contributed by atoms with Crippen LogP contribution in [-0.2, 0) is 5.41 Å². The quantitative estimate of drug-likeness (QED) is 0.620. The summed E-state index contributed by atoms with van der Waals surface area (Å²) in [7, 11) is 0. The Kier molecular flexibility index (Phi) is 3.65. The van der Waals surface area contributed by atoms with Crippen LogP contribution in [0.5, 0.6) is 0 Å². The Balaban J connectivity index is 3.46. The van der Waals surface area contributed by atoms with Crippen molar-refractivity contribution in [2.75, 3.05) is 0 Å². The number of hydrogen-bond donors (Lipinski definition) is 0. The highest BCUT2D eigenvalue weighted by molar-refractivity contribution is 14.1. The minimum absolute atomic E-state index is 0.0557. The molecular weight excluding hydrogens is 303 g/mol. The molecule has 0 aliphatic rings. The highest BCUT2D eigenvalue weighted by atomic mass is 127. The van der Waals surface area contributed by atoms with E-state index in [9.17, 15) is 9.59 Å². The van der Waals surface area contributed by atoms with E-state index >= 15 is 0 Å². The van der Waals surface area contributed by atoms with E-state index in [0.717, 1.165) is 21.7 Å². The van der Waals surface area contributed by atoms with Crippen molar-refractivity contribution in [3.63, 3.8) is 0 Å². The summed E-state index contributed by atoms with van der Waals surface area (Å²) in [5.74, 6) is 0. The van der Waals surface area contributed by atoms with Gasteiger partial charge in [0.1, 0.15) is 0 Å². The third kappa shape index (κ3) is 2.65. The van der Waals surface area contributed by atoms with E-state index < -0.39 is 0 Å². The molecule has 3 heteroatoms. The molecule has 0 saturated carbocycles. The van der Waals surface area contributed by atoms with E-state index in [1.54, 1.807) is 0 Å². The topological polar surface area (TPSA) is 34.1 Å². The zero-order chi connectivity index (χ0) is 11.6. The molecular formula is C12H13IO2. The zero-order valence-electron chi connectivity index (χ0n) is 9.00. The molecule has 0 saturated heterocycles. The minimum atomic E-state index is -0.0557. The van der Waals surface area contributed by atoms with Gasteiger partial charge in [0.05, 0.1) is 0 Å². The summed E-state index contributed by atoms with van der Waals surface area (Å²) in [6.45, 7) is 6.16. The summed E-state index contributed by atoms with van der Waals surface area (Å²) >= 11 is 2.02. The monoisotopic (exact) mass is 316 g/mol. The van der Waals surface area contributed by atoms with E-state index in [2.05, 4.69) is 20.8 Å². The van der Waals surface area contributed by atoms with Gasteiger partial charge in [-0.25, -0.2) is 0 Å². The highest BCUT2D eigenvalue weighted by Gasteiger charge is 2.17. The molecule has 0 bridgehead atoms. The fourth-order valence-corrected chi connectivity index (χ4v) is 1.84. The van der Waals surface area contributed by atoms with Gasteiger partial charge in [-0.2, -0.15) is 0 Å². The van der Waals surface area contributed by atoms with Crippen LogP contribution >= 0.6 is 22.6 Å². The second-order valence-corrected chi connectivity index (χ2v) is 5.53. The number of carbonyl (C=O) groups excluding carboxylic acids is 2. The maximum absolute atomic E-state index is 10.9. The normalized spacial score (nSPS) is 11.2. The molecule has 2 nitrogen and oxygen atoms in total. The first-order valence-corrected chi connectivity index (χ1v) is 5.72. The average Bonchev–Trinajstić information content (AvgIpc) is 2.16. The first kappa shape index (κ1) is 12.4. The number of aldehydes is 2. The summed E-state index contributed by atoms with van der Waals surface area (Å²) in [5, 5.41) is 0. The number of benzene rings is 1. The summed E-state index contributed by atoms with van der Waals surface area (Å²) in [5.41, 5.74) is 2.13. The van der Waals surface area contributed by atoms with E-state index in [-0.39, 0.29) is 5.41 Å². The first-order chi connectivity index (χ1) is 6.90. The van der Waals surface area contributed by atoms with Gasteiger partial charge in [-0.15, -0.1) is 0 Å². The lowest BCUT2D eigenvalue weighted by atomic mass is 9.85. The van der Waals surface area contributed by atoms with Gasteiger partial charge in [-0.1, -0.05) is 20.8 Å². The van der Waals surface area contributed by atoms with Crippen molar-refractivity contribution in [1.82, 2.24) is 0 Å². The second-order valence-electron chi connectivity index (χ2n) is 4.45. The SMILES string of the molecule is CC(C)(C)c1cc(C=O)c(I)c(C=O)c1. The Hall–Kier alpha value is -0.710. The molecule has 1 aromatic carbocycles. The van der Waals surface area contributed by atoms with Gasteiger partial charge < -0.3 is 0 Å². The van der Waals surface area contributed by atoms with Crippen molar-refractivity contribution >= 4 is 35.2 Å². The van der Waals surface area contributed by atoms with Gasteiger partial charge in [-0.3, -0.25) is 9.59 Å². The molecule has 15 heavy (non-hydrogen) atoms. The molecule has 0 fully saturated rings. The fraction of sp³-hybridized carbons (Fsp3) is 0.333.